The fourth-order valence-corrected chi connectivity index (χ4v) is 1.81. The van der Waals surface area contributed by atoms with Crippen LogP contribution in [0.4, 0.5) is 0 Å². The van der Waals surface area contributed by atoms with Crippen LogP contribution in [0.5, 0.6) is 0 Å². The average Bonchev–Trinajstić information content (AvgIpc) is 2.23. The monoisotopic (exact) mass is 257 g/mol. The van der Waals surface area contributed by atoms with Gasteiger partial charge >= 0.3 is 0 Å². The molecule has 0 saturated carbocycles. The molecule has 0 rings (SSSR count). The Labute approximate surface area is 112 Å². The summed E-state index contributed by atoms with van der Waals surface area (Å²) >= 11 is 0. The van der Waals surface area contributed by atoms with E-state index in [1.165, 1.54) is 0 Å². The van der Waals surface area contributed by atoms with Gasteiger partial charge in [0.05, 0.1) is 0 Å². The zero-order chi connectivity index (χ0) is 14.4. The molecule has 0 bridgehead atoms. The molecule has 1 amide bonds. The highest BCUT2D eigenvalue weighted by molar-refractivity contribution is 5.85. The number of carbonyl (C=O) groups excluding carboxylic acids is 1. The Hall–Kier alpha value is -0.570. The van der Waals surface area contributed by atoms with Gasteiger partial charge in [0.1, 0.15) is 5.60 Å². The van der Waals surface area contributed by atoms with Crippen molar-refractivity contribution in [1.29, 1.82) is 0 Å². The number of hydrogen-bond acceptors (Lipinski definition) is 2. The molecule has 0 spiro atoms. The van der Waals surface area contributed by atoms with Crippen LogP contribution in [0, 0.1) is 11.3 Å². The van der Waals surface area contributed by atoms with Crippen LogP contribution in [0.15, 0.2) is 0 Å². The van der Waals surface area contributed by atoms with E-state index in [-0.39, 0.29) is 17.2 Å². The maximum absolute atomic E-state index is 12.1. The predicted octanol–water partition coefficient (Wildman–Crippen LogP) is 3.12. The summed E-state index contributed by atoms with van der Waals surface area (Å²) in [6.07, 6.45) is 3.33. The highest BCUT2D eigenvalue weighted by atomic mass is 16.3. The molecule has 0 aromatic carbocycles. The van der Waals surface area contributed by atoms with Crippen LogP contribution in [0.3, 0.4) is 0 Å². The van der Waals surface area contributed by atoms with E-state index in [1.54, 1.807) is 0 Å². The molecule has 18 heavy (non-hydrogen) atoms. The van der Waals surface area contributed by atoms with Crippen molar-refractivity contribution in [1.82, 2.24) is 5.32 Å². The number of aliphatic hydroxyl groups is 1. The Balaban J connectivity index is 4.40. The Morgan fingerprint density at radius 3 is 2.17 bits per heavy atom. The van der Waals surface area contributed by atoms with Gasteiger partial charge in [0.2, 0.25) is 0 Å². The maximum atomic E-state index is 12.1. The van der Waals surface area contributed by atoms with Gasteiger partial charge in [-0.15, -0.1) is 0 Å². The molecule has 108 valence electrons. The Morgan fingerprint density at radius 1 is 1.22 bits per heavy atom. The predicted molar refractivity (Wildman–Crippen MR) is 76.4 cm³/mol. The molecule has 3 heteroatoms. The largest absolute Gasteiger partial charge is 0.380 e. The summed E-state index contributed by atoms with van der Waals surface area (Å²) in [5.41, 5.74) is -1.01. The van der Waals surface area contributed by atoms with Crippen molar-refractivity contribution in [3.63, 3.8) is 0 Å². The van der Waals surface area contributed by atoms with Crippen molar-refractivity contribution in [2.24, 2.45) is 11.3 Å². The second-order valence-corrected chi connectivity index (χ2v) is 6.75. The maximum Gasteiger partial charge on any atom is 0.252 e. The zero-order valence-electron chi connectivity index (χ0n) is 13.0. The van der Waals surface area contributed by atoms with Crippen LogP contribution >= 0.6 is 0 Å². The summed E-state index contributed by atoms with van der Waals surface area (Å²) in [6, 6.07) is 0. The second kappa shape index (κ2) is 7.13. The molecule has 0 aromatic rings. The molecule has 0 aromatic heterocycles. The highest BCUT2D eigenvalue weighted by Gasteiger charge is 2.38. The number of carbonyl (C=O) groups is 1. The molecular formula is C15H31NO2. The van der Waals surface area contributed by atoms with E-state index < -0.39 is 5.60 Å². The summed E-state index contributed by atoms with van der Waals surface area (Å²) in [6.45, 7) is 12.9. The summed E-state index contributed by atoms with van der Waals surface area (Å²) in [4.78, 5) is 12.1. The lowest BCUT2D eigenvalue weighted by molar-refractivity contribution is -0.145. The number of nitrogens with one attached hydrogen (secondary N) is 1. The fraction of sp³-hybridized carbons (Fsp3) is 0.933. The van der Waals surface area contributed by atoms with E-state index in [0.29, 0.717) is 13.0 Å². The molecule has 1 atom stereocenters. The van der Waals surface area contributed by atoms with Crippen molar-refractivity contribution in [3.8, 4) is 0 Å². The molecule has 0 aliphatic rings. The molecule has 2 N–H and O–H groups in total. The first kappa shape index (κ1) is 17.4. The van der Waals surface area contributed by atoms with E-state index in [9.17, 15) is 9.90 Å². The van der Waals surface area contributed by atoms with Gasteiger partial charge in [-0.05, 0) is 24.2 Å². The van der Waals surface area contributed by atoms with E-state index in [4.69, 9.17) is 0 Å². The molecule has 0 saturated heterocycles. The SMILES string of the molecule is CCCCC(O)(C(=O)NCCC(C)(C)C)C(C)C. The van der Waals surface area contributed by atoms with Gasteiger partial charge in [-0.1, -0.05) is 54.4 Å². The smallest absolute Gasteiger partial charge is 0.252 e. The fourth-order valence-electron chi connectivity index (χ4n) is 1.81. The van der Waals surface area contributed by atoms with Gasteiger partial charge in [-0.25, -0.2) is 0 Å². The first-order chi connectivity index (χ1) is 8.13. The van der Waals surface area contributed by atoms with Crippen LogP contribution in [0.2, 0.25) is 0 Å². The van der Waals surface area contributed by atoms with Crippen LogP contribution in [-0.2, 0) is 4.79 Å². The molecule has 0 radical (unpaired) electrons. The van der Waals surface area contributed by atoms with Gasteiger partial charge in [-0.2, -0.15) is 0 Å². The van der Waals surface area contributed by atoms with Crippen LogP contribution in [-0.4, -0.2) is 23.2 Å². The van der Waals surface area contributed by atoms with Crippen molar-refractivity contribution >= 4 is 5.91 Å². The minimum Gasteiger partial charge on any atom is -0.380 e. The molecule has 3 nitrogen and oxygen atoms in total. The number of hydrogen-bond donors (Lipinski definition) is 2. The number of amides is 1. The van der Waals surface area contributed by atoms with Crippen molar-refractivity contribution < 1.29 is 9.90 Å². The molecule has 0 aliphatic carbocycles. The normalized spacial score (nSPS) is 15.6. The molecule has 0 heterocycles. The van der Waals surface area contributed by atoms with E-state index in [0.717, 1.165) is 19.3 Å². The van der Waals surface area contributed by atoms with Crippen molar-refractivity contribution in [2.45, 2.75) is 72.8 Å². The molecule has 0 aliphatic heterocycles. The van der Waals surface area contributed by atoms with Gasteiger partial charge in [0.15, 0.2) is 0 Å². The first-order valence-electron chi connectivity index (χ1n) is 7.14. The first-order valence-corrected chi connectivity index (χ1v) is 7.14. The Morgan fingerprint density at radius 2 is 1.78 bits per heavy atom. The molecular weight excluding hydrogens is 226 g/mol. The lowest BCUT2D eigenvalue weighted by Gasteiger charge is -2.31. The second-order valence-electron chi connectivity index (χ2n) is 6.75. The third-order valence-electron chi connectivity index (χ3n) is 3.42. The van der Waals surface area contributed by atoms with Gasteiger partial charge in [0.25, 0.3) is 5.91 Å². The van der Waals surface area contributed by atoms with E-state index in [2.05, 4.69) is 33.0 Å². The summed E-state index contributed by atoms with van der Waals surface area (Å²) in [5, 5.41) is 13.4. The number of rotatable bonds is 7. The third-order valence-corrected chi connectivity index (χ3v) is 3.42. The zero-order valence-corrected chi connectivity index (χ0v) is 13.0. The summed E-state index contributed by atoms with van der Waals surface area (Å²) in [7, 11) is 0. The van der Waals surface area contributed by atoms with Gasteiger partial charge < -0.3 is 10.4 Å². The minimum atomic E-state index is -1.21. The summed E-state index contributed by atoms with van der Waals surface area (Å²) < 4.78 is 0. The topological polar surface area (TPSA) is 49.3 Å². The lowest BCUT2D eigenvalue weighted by atomic mass is 9.84. The van der Waals surface area contributed by atoms with E-state index in [1.807, 2.05) is 13.8 Å². The highest BCUT2D eigenvalue weighted by Crippen LogP contribution is 2.24. The van der Waals surface area contributed by atoms with Gasteiger partial charge in [0, 0.05) is 6.54 Å². The Bertz CT molecular complexity index is 256. The standard InChI is InChI=1S/C15H31NO2/c1-7-8-9-15(18,12(2)3)13(17)16-11-10-14(4,5)6/h12,18H,7-11H2,1-6H3,(H,16,17). The number of unbranched alkanes of at least 4 members (excludes halogenated alkanes) is 1. The van der Waals surface area contributed by atoms with Gasteiger partial charge in [-0.3, -0.25) is 4.79 Å². The van der Waals surface area contributed by atoms with Crippen molar-refractivity contribution in [3.05, 3.63) is 0 Å². The minimum absolute atomic E-state index is 0.0568. The summed E-state index contributed by atoms with van der Waals surface area (Å²) in [5.74, 6) is -0.270. The third kappa shape index (κ3) is 5.85. The molecule has 0 fully saturated rings. The van der Waals surface area contributed by atoms with E-state index >= 15 is 0 Å². The van der Waals surface area contributed by atoms with Crippen LogP contribution < -0.4 is 5.32 Å². The lowest BCUT2D eigenvalue weighted by Crippen LogP contribution is -2.51. The molecule has 1 unspecified atom stereocenters. The van der Waals surface area contributed by atoms with Crippen LogP contribution in [0.25, 0.3) is 0 Å². The average molecular weight is 257 g/mol. The van der Waals surface area contributed by atoms with Crippen molar-refractivity contribution in [2.75, 3.05) is 6.54 Å². The van der Waals surface area contributed by atoms with Crippen LogP contribution in [0.1, 0.15) is 67.2 Å². The Kier molecular flexibility index (Phi) is 6.90. The quantitative estimate of drug-likeness (QED) is 0.736.